The van der Waals surface area contributed by atoms with Crippen LogP contribution in [-0.2, 0) is 29.0 Å². The molecule has 3 aromatic carbocycles. The van der Waals surface area contributed by atoms with Crippen molar-refractivity contribution >= 4 is 11.9 Å². The van der Waals surface area contributed by atoms with Crippen LogP contribution < -0.4 is 10.4 Å². The van der Waals surface area contributed by atoms with Gasteiger partial charge >= 0.3 is 0 Å². The number of hydrogen-bond donors (Lipinski definition) is 3. The number of aliphatic carboxylic acids is 1. The van der Waals surface area contributed by atoms with Gasteiger partial charge in [0, 0.05) is 24.3 Å². The predicted molar refractivity (Wildman–Crippen MR) is 119 cm³/mol. The van der Waals surface area contributed by atoms with E-state index < -0.39 is 17.8 Å². The summed E-state index contributed by atoms with van der Waals surface area (Å²) in [7, 11) is 0. The number of carboxylic acids is 1. The van der Waals surface area contributed by atoms with Gasteiger partial charge in [-0.25, -0.2) is 0 Å². The van der Waals surface area contributed by atoms with Gasteiger partial charge in [-0.05, 0) is 48.1 Å². The largest absolute Gasteiger partial charge is 0.550 e. The Balaban J connectivity index is 1.74. The Morgan fingerprint density at radius 2 is 1.31 bits per heavy atom. The monoisotopic (exact) mass is 432 g/mol. The van der Waals surface area contributed by atoms with Crippen LogP contribution in [0.25, 0.3) is 0 Å². The van der Waals surface area contributed by atoms with Gasteiger partial charge in [0.1, 0.15) is 0 Å². The third-order valence-electron chi connectivity index (χ3n) is 5.43. The second-order valence-corrected chi connectivity index (χ2v) is 7.87. The summed E-state index contributed by atoms with van der Waals surface area (Å²) in [4.78, 5) is 24.9. The number of nitrogens with one attached hydrogen (secondary N) is 1. The second kappa shape index (κ2) is 11.0. The number of carbonyl (C=O) groups is 2. The first-order valence-corrected chi connectivity index (χ1v) is 10.5. The quantitative estimate of drug-likeness (QED) is 0.427. The van der Waals surface area contributed by atoms with Gasteiger partial charge in [0.15, 0.2) is 11.5 Å². The van der Waals surface area contributed by atoms with E-state index in [2.05, 4.69) is 5.32 Å². The number of aromatic hydroxyl groups is 2. The average Bonchev–Trinajstić information content (AvgIpc) is 2.80. The number of phenols is 2. The summed E-state index contributed by atoms with van der Waals surface area (Å²) < 4.78 is 0. The van der Waals surface area contributed by atoms with Crippen LogP contribution in [0.2, 0.25) is 0 Å². The SMILES string of the molecule is O=C([O-])[C@H](Cc1ccccc1)C[C@@H](Cc1ccccc1)C(=O)NCc1ccc(O)c(O)c1. The van der Waals surface area contributed by atoms with Crippen molar-refractivity contribution < 1.29 is 24.9 Å². The Bertz CT molecular complexity index is 1040. The summed E-state index contributed by atoms with van der Waals surface area (Å²) in [5.41, 5.74) is 2.43. The van der Waals surface area contributed by atoms with E-state index in [4.69, 9.17) is 0 Å². The highest BCUT2D eigenvalue weighted by atomic mass is 16.4. The molecule has 0 aliphatic rings. The second-order valence-electron chi connectivity index (χ2n) is 7.87. The zero-order chi connectivity index (χ0) is 22.9. The molecule has 32 heavy (non-hydrogen) atoms. The highest BCUT2D eigenvalue weighted by Gasteiger charge is 2.24. The normalized spacial score (nSPS) is 12.6. The Morgan fingerprint density at radius 1 is 0.750 bits per heavy atom. The van der Waals surface area contributed by atoms with Gasteiger partial charge in [-0.15, -0.1) is 0 Å². The highest BCUT2D eigenvalue weighted by molar-refractivity contribution is 5.80. The molecule has 0 heterocycles. The maximum absolute atomic E-state index is 13.0. The van der Waals surface area contributed by atoms with Crippen LogP contribution in [0, 0.1) is 11.8 Å². The summed E-state index contributed by atoms with van der Waals surface area (Å²) in [5, 5.41) is 33.8. The van der Waals surface area contributed by atoms with E-state index in [1.165, 1.54) is 12.1 Å². The number of hydrogen-bond acceptors (Lipinski definition) is 5. The van der Waals surface area contributed by atoms with E-state index in [1.54, 1.807) is 6.07 Å². The van der Waals surface area contributed by atoms with Crippen molar-refractivity contribution in [2.45, 2.75) is 25.8 Å². The summed E-state index contributed by atoms with van der Waals surface area (Å²) in [6.45, 7) is 0.145. The molecule has 0 fully saturated rings. The molecule has 6 nitrogen and oxygen atoms in total. The van der Waals surface area contributed by atoms with Crippen molar-refractivity contribution in [1.82, 2.24) is 5.32 Å². The average molecular weight is 432 g/mol. The van der Waals surface area contributed by atoms with Crippen molar-refractivity contribution in [3.63, 3.8) is 0 Å². The molecule has 0 bridgehead atoms. The van der Waals surface area contributed by atoms with Crippen molar-refractivity contribution in [3.05, 3.63) is 95.6 Å². The molecule has 1 amide bonds. The first-order valence-electron chi connectivity index (χ1n) is 10.5. The molecule has 0 spiro atoms. The maximum Gasteiger partial charge on any atom is 0.223 e. The molecular formula is C26H26NO5-. The lowest BCUT2D eigenvalue weighted by molar-refractivity contribution is -0.312. The summed E-state index contributed by atoms with van der Waals surface area (Å²) in [6, 6.07) is 23.1. The number of carbonyl (C=O) groups excluding carboxylic acids is 2. The zero-order valence-electron chi connectivity index (χ0n) is 17.6. The fourth-order valence-corrected chi connectivity index (χ4v) is 3.70. The smallest absolute Gasteiger partial charge is 0.223 e. The fourth-order valence-electron chi connectivity index (χ4n) is 3.70. The topological polar surface area (TPSA) is 110 Å². The van der Waals surface area contributed by atoms with Crippen molar-refractivity contribution in [2.75, 3.05) is 0 Å². The Labute approximate surface area is 187 Å². The lowest BCUT2D eigenvalue weighted by atomic mass is 9.85. The fraction of sp³-hybridized carbons (Fsp3) is 0.231. The predicted octanol–water partition coefficient (Wildman–Crippen LogP) is 2.57. The molecular weight excluding hydrogens is 406 g/mol. The maximum atomic E-state index is 13.0. The molecule has 3 rings (SSSR count). The minimum atomic E-state index is -1.18. The molecule has 0 aromatic heterocycles. The van der Waals surface area contributed by atoms with E-state index in [0.717, 1.165) is 11.1 Å². The van der Waals surface area contributed by atoms with E-state index in [0.29, 0.717) is 12.0 Å². The van der Waals surface area contributed by atoms with Gasteiger partial charge in [0.25, 0.3) is 0 Å². The minimum absolute atomic E-state index is 0.138. The third-order valence-corrected chi connectivity index (χ3v) is 5.43. The van der Waals surface area contributed by atoms with Gasteiger partial charge in [-0.3, -0.25) is 4.79 Å². The molecule has 0 saturated heterocycles. The van der Waals surface area contributed by atoms with Gasteiger partial charge in [0.05, 0.1) is 0 Å². The van der Waals surface area contributed by atoms with Crippen LogP contribution >= 0.6 is 0 Å². The Morgan fingerprint density at radius 3 is 1.84 bits per heavy atom. The molecule has 0 aliphatic heterocycles. The summed E-state index contributed by atoms with van der Waals surface area (Å²) in [5.74, 6) is -3.34. The van der Waals surface area contributed by atoms with E-state index in [9.17, 15) is 24.9 Å². The number of amides is 1. The van der Waals surface area contributed by atoms with Crippen LogP contribution in [-0.4, -0.2) is 22.1 Å². The van der Waals surface area contributed by atoms with Crippen LogP contribution in [0.3, 0.4) is 0 Å². The standard InChI is InChI=1S/C26H27NO5/c28-23-12-11-20(15-24(23)29)17-27-25(30)21(13-18-7-3-1-4-8-18)16-22(26(31)32)14-19-9-5-2-6-10-19/h1-12,15,21-22,28-29H,13-14,16-17H2,(H,27,30)(H,31,32)/p-1/t21-,22-/m1/s1. The molecule has 166 valence electrons. The molecule has 2 atom stereocenters. The molecule has 0 radical (unpaired) electrons. The zero-order valence-corrected chi connectivity index (χ0v) is 17.6. The number of benzene rings is 3. The molecule has 0 saturated carbocycles. The van der Waals surface area contributed by atoms with Crippen LogP contribution in [0.15, 0.2) is 78.9 Å². The van der Waals surface area contributed by atoms with Crippen molar-refractivity contribution in [2.24, 2.45) is 11.8 Å². The summed E-state index contributed by atoms with van der Waals surface area (Å²) >= 11 is 0. The first kappa shape index (κ1) is 22.9. The van der Waals surface area contributed by atoms with Crippen LogP contribution in [0.1, 0.15) is 23.1 Å². The molecule has 0 aliphatic carbocycles. The van der Waals surface area contributed by atoms with E-state index in [-0.39, 0.29) is 36.8 Å². The molecule has 3 aromatic rings. The van der Waals surface area contributed by atoms with Crippen LogP contribution in [0.5, 0.6) is 11.5 Å². The molecule has 0 unspecified atom stereocenters. The number of phenolic OH excluding ortho intramolecular Hbond substituents is 2. The Kier molecular flexibility index (Phi) is 7.86. The first-order chi connectivity index (χ1) is 15.4. The van der Waals surface area contributed by atoms with E-state index in [1.807, 2.05) is 60.7 Å². The van der Waals surface area contributed by atoms with Gasteiger partial charge in [-0.1, -0.05) is 66.7 Å². The van der Waals surface area contributed by atoms with Crippen LogP contribution in [0.4, 0.5) is 0 Å². The van der Waals surface area contributed by atoms with Gasteiger partial charge in [-0.2, -0.15) is 0 Å². The molecule has 3 N–H and O–H groups in total. The van der Waals surface area contributed by atoms with Gasteiger partial charge in [0.2, 0.25) is 5.91 Å². The van der Waals surface area contributed by atoms with Gasteiger partial charge < -0.3 is 25.4 Å². The molecule has 6 heteroatoms. The highest BCUT2D eigenvalue weighted by Crippen LogP contribution is 2.25. The van der Waals surface area contributed by atoms with Crippen molar-refractivity contribution in [3.8, 4) is 11.5 Å². The lowest BCUT2D eigenvalue weighted by Gasteiger charge is -2.24. The number of carboxylic acid groups (broad SMARTS) is 1. The number of rotatable bonds is 10. The lowest BCUT2D eigenvalue weighted by Crippen LogP contribution is -2.38. The Hall–Kier alpha value is -3.80. The summed E-state index contributed by atoms with van der Waals surface area (Å²) in [6.07, 6.45) is 0.818. The minimum Gasteiger partial charge on any atom is -0.550 e. The van der Waals surface area contributed by atoms with Crippen molar-refractivity contribution in [1.29, 1.82) is 0 Å². The van der Waals surface area contributed by atoms with E-state index >= 15 is 0 Å². The third kappa shape index (κ3) is 6.60.